The minimum absolute atomic E-state index is 0.674. The molecule has 0 aromatic rings. The van der Waals surface area contributed by atoms with E-state index in [1.807, 2.05) is 27.7 Å². The Morgan fingerprint density at radius 1 is 0.812 bits per heavy atom. The van der Waals surface area contributed by atoms with Crippen molar-refractivity contribution in [3.63, 3.8) is 0 Å². The molecule has 88 valence electrons. The second-order valence-electron chi connectivity index (χ2n) is 3.80. The van der Waals surface area contributed by atoms with Crippen molar-refractivity contribution in [2.24, 2.45) is 5.92 Å². The van der Waals surface area contributed by atoms with Crippen LogP contribution in [0.25, 0.3) is 0 Å². The summed E-state index contributed by atoms with van der Waals surface area (Å²) in [4.78, 5) is 0. The van der Waals surface area contributed by atoms with Gasteiger partial charge in [-0.1, -0.05) is 58.9 Å². The molecule has 16 heavy (non-hydrogen) atoms. The van der Waals surface area contributed by atoms with E-state index in [1.165, 1.54) is 12.8 Å². The Bertz CT molecular complexity index is 325. The molecule has 3 aliphatic rings. The molecule has 0 aromatic carbocycles. The van der Waals surface area contributed by atoms with Crippen LogP contribution in [0.15, 0.2) is 46.6 Å². The van der Waals surface area contributed by atoms with E-state index in [9.17, 15) is 0 Å². The van der Waals surface area contributed by atoms with Crippen LogP contribution in [0.1, 0.15) is 47.5 Å². The van der Waals surface area contributed by atoms with E-state index in [1.54, 1.807) is 22.3 Å². The smallest absolute Gasteiger partial charge is 0.00666 e. The van der Waals surface area contributed by atoms with Gasteiger partial charge < -0.3 is 0 Å². The van der Waals surface area contributed by atoms with Gasteiger partial charge in [-0.2, -0.15) is 0 Å². The van der Waals surface area contributed by atoms with Gasteiger partial charge in [0.2, 0.25) is 0 Å². The quantitative estimate of drug-likeness (QED) is 0.522. The molecule has 0 unspecified atom stereocenters. The zero-order valence-electron chi connectivity index (χ0n) is 11.3. The molecule has 0 N–H and O–H groups in total. The lowest BCUT2D eigenvalue weighted by Gasteiger charge is -2.06. The summed E-state index contributed by atoms with van der Waals surface area (Å²) in [6.07, 6.45) is 11.6. The zero-order chi connectivity index (χ0) is 12.1. The molecule has 0 radical (unpaired) electrons. The fourth-order valence-electron chi connectivity index (χ4n) is 2.62. The van der Waals surface area contributed by atoms with Gasteiger partial charge in [-0.05, 0) is 35.1 Å². The zero-order valence-corrected chi connectivity index (χ0v) is 11.3. The molecule has 0 atom stereocenters. The maximum absolute atomic E-state index is 2.32. The summed E-state index contributed by atoms with van der Waals surface area (Å²) in [5.74, 6) is 0.674. The Morgan fingerprint density at radius 3 is 1.56 bits per heavy atom. The Hall–Kier alpha value is -1.04. The highest BCUT2D eigenvalue weighted by Gasteiger charge is 2.30. The normalized spacial score (nSPS) is 20.3. The Morgan fingerprint density at radius 2 is 1.19 bits per heavy atom. The summed E-state index contributed by atoms with van der Waals surface area (Å²) in [6.45, 7) is 10.3. The molecule has 0 spiro atoms. The molecule has 0 heterocycles. The first-order chi connectivity index (χ1) is 7.88. The van der Waals surface area contributed by atoms with Crippen molar-refractivity contribution in [3.05, 3.63) is 46.6 Å². The summed E-state index contributed by atoms with van der Waals surface area (Å²) in [5.41, 5.74) is 6.43. The van der Waals surface area contributed by atoms with Crippen molar-refractivity contribution in [3.8, 4) is 0 Å². The van der Waals surface area contributed by atoms with E-state index in [0.29, 0.717) is 5.92 Å². The van der Waals surface area contributed by atoms with Crippen LogP contribution < -0.4 is 0 Å². The van der Waals surface area contributed by atoms with E-state index in [2.05, 4.69) is 31.2 Å². The van der Waals surface area contributed by atoms with Gasteiger partial charge >= 0.3 is 0 Å². The lowest BCUT2D eigenvalue weighted by atomic mass is 9.98. The van der Waals surface area contributed by atoms with Gasteiger partial charge in [-0.25, -0.2) is 0 Å². The predicted molar refractivity (Wildman–Crippen MR) is 73.4 cm³/mol. The fourth-order valence-corrected chi connectivity index (χ4v) is 2.62. The first-order valence-electron chi connectivity index (χ1n) is 6.67. The molecule has 0 bridgehead atoms. The SMILES string of the molecule is CC.CC.CC1C2=C(CC=C2)C2=C1C=CC2. The van der Waals surface area contributed by atoms with E-state index in [4.69, 9.17) is 0 Å². The summed E-state index contributed by atoms with van der Waals surface area (Å²) in [7, 11) is 0. The third kappa shape index (κ3) is 1.93. The van der Waals surface area contributed by atoms with Crippen LogP contribution in [0.2, 0.25) is 0 Å². The molecular weight excluding hydrogens is 192 g/mol. The van der Waals surface area contributed by atoms with Crippen molar-refractivity contribution < 1.29 is 0 Å². The molecule has 0 nitrogen and oxygen atoms in total. The maximum atomic E-state index is 2.32. The Labute approximate surface area is 100 Å². The van der Waals surface area contributed by atoms with Crippen molar-refractivity contribution in [2.45, 2.75) is 47.5 Å². The number of rotatable bonds is 0. The number of hydrogen-bond donors (Lipinski definition) is 0. The summed E-state index contributed by atoms with van der Waals surface area (Å²) >= 11 is 0. The third-order valence-corrected chi connectivity index (χ3v) is 3.23. The van der Waals surface area contributed by atoms with Crippen molar-refractivity contribution >= 4 is 0 Å². The highest BCUT2D eigenvalue weighted by molar-refractivity contribution is 5.62. The molecule has 0 fully saturated rings. The van der Waals surface area contributed by atoms with Gasteiger partial charge in [-0.3, -0.25) is 0 Å². The monoisotopic (exact) mass is 216 g/mol. The molecule has 0 aromatic heterocycles. The van der Waals surface area contributed by atoms with Crippen LogP contribution in [-0.4, -0.2) is 0 Å². The topological polar surface area (TPSA) is 0 Å². The maximum Gasteiger partial charge on any atom is 0.00666 e. The van der Waals surface area contributed by atoms with Gasteiger partial charge in [0.1, 0.15) is 0 Å². The van der Waals surface area contributed by atoms with E-state index >= 15 is 0 Å². The highest BCUT2D eigenvalue weighted by atomic mass is 14.3. The Balaban J connectivity index is 0.000000291. The number of fused-ring (bicyclic) bond motifs is 1. The van der Waals surface area contributed by atoms with E-state index < -0.39 is 0 Å². The van der Waals surface area contributed by atoms with E-state index in [0.717, 1.165) is 0 Å². The minimum Gasteiger partial charge on any atom is -0.0798 e. The lowest BCUT2D eigenvalue weighted by molar-refractivity contribution is 0.868. The molecular formula is C16H24. The Kier molecular flexibility index (Phi) is 4.79. The first-order valence-corrected chi connectivity index (χ1v) is 6.67. The van der Waals surface area contributed by atoms with Crippen LogP contribution >= 0.6 is 0 Å². The molecule has 0 amide bonds. The first kappa shape index (κ1) is 13.0. The van der Waals surface area contributed by atoms with Crippen molar-refractivity contribution in [2.75, 3.05) is 0 Å². The number of allylic oxidation sites excluding steroid dienone is 8. The van der Waals surface area contributed by atoms with Gasteiger partial charge in [-0.15, -0.1) is 0 Å². The number of hydrogen-bond acceptors (Lipinski definition) is 0. The lowest BCUT2D eigenvalue weighted by Crippen LogP contribution is -1.93. The van der Waals surface area contributed by atoms with Gasteiger partial charge in [0.15, 0.2) is 0 Å². The molecule has 0 saturated carbocycles. The van der Waals surface area contributed by atoms with Crippen LogP contribution in [0.5, 0.6) is 0 Å². The van der Waals surface area contributed by atoms with Crippen LogP contribution in [0.4, 0.5) is 0 Å². The van der Waals surface area contributed by atoms with Crippen LogP contribution in [0.3, 0.4) is 0 Å². The van der Waals surface area contributed by atoms with Crippen molar-refractivity contribution in [1.82, 2.24) is 0 Å². The van der Waals surface area contributed by atoms with E-state index in [-0.39, 0.29) is 0 Å². The van der Waals surface area contributed by atoms with Gasteiger partial charge in [0.05, 0.1) is 0 Å². The van der Waals surface area contributed by atoms with Crippen LogP contribution in [-0.2, 0) is 0 Å². The van der Waals surface area contributed by atoms with Gasteiger partial charge in [0, 0.05) is 5.92 Å². The standard InChI is InChI=1S/C12H12.2C2H6/c1-8-9-4-2-6-11(9)12-7-3-5-10(8)12;2*1-2/h2-5,8H,6-7H2,1H3;2*1-2H3. The predicted octanol–water partition coefficient (Wildman–Crippen LogP) is 5.20. The van der Waals surface area contributed by atoms with Crippen molar-refractivity contribution in [1.29, 1.82) is 0 Å². The largest absolute Gasteiger partial charge is 0.0798 e. The second-order valence-corrected chi connectivity index (χ2v) is 3.80. The summed E-state index contributed by atoms with van der Waals surface area (Å²) in [6, 6.07) is 0. The molecule has 3 aliphatic carbocycles. The van der Waals surface area contributed by atoms with Crippen LogP contribution in [0, 0.1) is 5.92 Å². The average Bonchev–Trinajstić information content (AvgIpc) is 3.04. The molecule has 0 aliphatic heterocycles. The molecule has 0 saturated heterocycles. The summed E-state index contributed by atoms with van der Waals surface area (Å²) < 4.78 is 0. The van der Waals surface area contributed by atoms with Gasteiger partial charge in [0.25, 0.3) is 0 Å². The highest BCUT2D eigenvalue weighted by Crippen LogP contribution is 2.46. The molecule has 3 rings (SSSR count). The second kappa shape index (κ2) is 5.89. The minimum atomic E-state index is 0.674. The fraction of sp³-hybridized carbons (Fsp3) is 0.500. The third-order valence-electron chi connectivity index (χ3n) is 3.23. The average molecular weight is 216 g/mol. The molecule has 0 heteroatoms. The summed E-state index contributed by atoms with van der Waals surface area (Å²) in [5, 5.41) is 0.